The van der Waals surface area contributed by atoms with Crippen LogP contribution >= 0.6 is 11.8 Å². The third-order valence-corrected chi connectivity index (χ3v) is 2.37. The van der Waals surface area contributed by atoms with Gasteiger partial charge in [-0.25, -0.2) is 0 Å². The van der Waals surface area contributed by atoms with E-state index in [0.717, 1.165) is 11.3 Å². The zero-order valence-corrected chi connectivity index (χ0v) is 8.68. The van der Waals surface area contributed by atoms with E-state index in [1.165, 1.54) is 5.56 Å². The molecule has 0 nitrogen and oxygen atoms in total. The Morgan fingerprint density at radius 1 is 1.38 bits per heavy atom. The van der Waals surface area contributed by atoms with E-state index in [9.17, 15) is 0 Å². The fourth-order valence-electron chi connectivity index (χ4n) is 0.883. The predicted octanol–water partition coefficient (Wildman–Crippen LogP) is 4.01. The van der Waals surface area contributed by atoms with E-state index >= 15 is 0 Å². The normalized spacial score (nSPS) is 10.5. The van der Waals surface area contributed by atoms with Crippen molar-refractivity contribution < 1.29 is 0 Å². The maximum absolute atomic E-state index is 3.80. The lowest BCUT2D eigenvalue weighted by Gasteiger charge is -1.95. The molecule has 0 saturated carbocycles. The highest BCUT2D eigenvalue weighted by atomic mass is 32.2. The summed E-state index contributed by atoms with van der Waals surface area (Å²) in [6, 6.07) is 10.5. The molecule has 0 radical (unpaired) electrons. The van der Waals surface area contributed by atoms with Crippen LogP contribution in [0.15, 0.2) is 54.0 Å². The molecule has 0 fully saturated rings. The van der Waals surface area contributed by atoms with Gasteiger partial charge in [0.2, 0.25) is 0 Å². The first-order chi connectivity index (χ1) is 6.29. The first-order valence-electron chi connectivity index (χ1n) is 4.26. The van der Waals surface area contributed by atoms with Crippen molar-refractivity contribution in [2.24, 2.45) is 0 Å². The molecule has 1 rings (SSSR count). The van der Waals surface area contributed by atoms with Crippen molar-refractivity contribution >= 4 is 11.8 Å². The molecule has 0 atom stereocenters. The summed E-state index contributed by atoms with van der Waals surface area (Å²) in [6.07, 6.45) is 2.04. The van der Waals surface area contributed by atoms with Gasteiger partial charge in [0.25, 0.3) is 0 Å². The monoisotopic (exact) mass is 190 g/mol. The molecule has 0 aliphatic heterocycles. The van der Waals surface area contributed by atoms with Crippen LogP contribution < -0.4 is 0 Å². The molecular weight excluding hydrogens is 176 g/mol. The molecule has 0 aliphatic rings. The molecule has 1 aromatic rings. The van der Waals surface area contributed by atoms with Crippen molar-refractivity contribution in [3.8, 4) is 0 Å². The van der Waals surface area contributed by atoms with Crippen molar-refractivity contribution in [1.29, 1.82) is 0 Å². The van der Waals surface area contributed by atoms with Gasteiger partial charge in [0.1, 0.15) is 0 Å². The molecule has 1 heteroatoms. The SMILES string of the molecule is C=C(C)/C=C/SCc1ccccc1. The maximum Gasteiger partial charge on any atom is 0.0226 e. The van der Waals surface area contributed by atoms with Crippen LogP contribution in [0.3, 0.4) is 0 Å². The van der Waals surface area contributed by atoms with Crippen molar-refractivity contribution in [2.75, 3.05) is 0 Å². The Balaban J connectivity index is 2.32. The average molecular weight is 190 g/mol. The van der Waals surface area contributed by atoms with Gasteiger partial charge in [0.05, 0.1) is 0 Å². The van der Waals surface area contributed by atoms with Gasteiger partial charge in [-0.05, 0) is 17.9 Å². The lowest BCUT2D eigenvalue weighted by Crippen LogP contribution is -1.75. The molecule has 1 aromatic carbocycles. The van der Waals surface area contributed by atoms with Gasteiger partial charge >= 0.3 is 0 Å². The number of benzene rings is 1. The van der Waals surface area contributed by atoms with E-state index < -0.39 is 0 Å². The van der Waals surface area contributed by atoms with Crippen molar-refractivity contribution in [1.82, 2.24) is 0 Å². The Labute approximate surface area is 84.4 Å². The summed E-state index contributed by atoms with van der Waals surface area (Å²) in [5, 5.41) is 2.09. The summed E-state index contributed by atoms with van der Waals surface area (Å²) < 4.78 is 0. The quantitative estimate of drug-likeness (QED) is 0.646. The second-order valence-electron chi connectivity index (χ2n) is 2.95. The lowest BCUT2D eigenvalue weighted by molar-refractivity contribution is 1.42. The van der Waals surface area contributed by atoms with Gasteiger partial charge in [-0.1, -0.05) is 48.6 Å². The van der Waals surface area contributed by atoms with Gasteiger partial charge in [-0.2, -0.15) is 0 Å². The lowest BCUT2D eigenvalue weighted by atomic mass is 10.2. The number of thioether (sulfide) groups is 1. The van der Waals surface area contributed by atoms with Crippen LogP contribution in [-0.2, 0) is 5.75 Å². The van der Waals surface area contributed by atoms with Crippen LogP contribution in [0.1, 0.15) is 12.5 Å². The molecule has 13 heavy (non-hydrogen) atoms. The van der Waals surface area contributed by atoms with Gasteiger partial charge < -0.3 is 0 Å². The molecule has 0 aliphatic carbocycles. The highest BCUT2D eigenvalue weighted by molar-refractivity contribution is 8.01. The largest absolute Gasteiger partial charge is 0.129 e. The van der Waals surface area contributed by atoms with E-state index in [4.69, 9.17) is 0 Å². The maximum atomic E-state index is 3.80. The summed E-state index contributed by atoms with van der Waals surface area (Å²) in [7, 11) is 0. The fourth-order valence-corrected chi connectivity index (χ4v) is 1.69. The summed E-state index contributed by atoms with van der Waals surface area (Å²) in [5.41, 5.74) is 2.46. The Morgan fingerprint density at radius 2 is 2.08 bits per heavy atom. The molecule has 0 aromatic heterocycles. The first kappa shape index (κ1) is 10.1. The van der Waals surface area contributed by atoms with Gasteiger partial charge in [-0.3, -0.25) is 0 Å². The van der Waals surface area contributed by atoms with Crippen LogP contribution in [0.25, 0.3) is 0 Å². The van der Waals surface area contributed by atoms with E-state index in [0.29, 0.717) is 0 Å². The minimum Gasteiger partial charge on any atom is -0.129 e. The second kappa shape index (κ2) is 5.65. The van der Waals surface area contributed by atoms with Crippen LogP contribution in [-0.4, -0.2) is 0 Å². The molecular formula is C12H14S. The topological polar surface area (TPSA) is 0 Å². The van der Waals surface area contributed by atoms with Crippen molar-refractivity contribution in [3.63, 3.8) is 0 Å². The molecule has 0 bridgehead atoms. The van der Waals surface area contributed by atoms with Crippen LogP contribution in [0.5, 0.6) is 0 Å². The van der Waals surface area contributed by atoms with Crippen molar-refractivity contribution in [2.45, 2.75) is 12.7 Å². The number of rotatable bonds is 4. The molecule has 0 heterocycles. The standard InChI is InChI=1S/C12H14S/c1-11(2)8-9-13-10-12-6-4-3-5-7-12/h3-9H,1,10H2,2H3/b9-8+. The van der Waals surface area contributed by atoms with E-state index in [2.05, 4.69) is 36.3 Å². The summed E-state index contributed by atoms with van der Waals surface area (Å²) in [6.45, 7) is 5.80. The van der Waals surface area contributed by atoms with E-state index in [1.54, 1.807) is 11.8 Å². The minimum absolute atomic E-state index is 1.03. The smallest absolute Gasteiger partial charge is 0.0226 e. The second-order valence-corrected chi connectivity index (χ2v) is 3.84. The molecule has 0 unspecified atom stereocenters. The molecule has 0 spiro atoms. The number of hydrogen-bond acceptors (Lipinski definition) is 1. The molecule has 0 amide bonds. The first-order valence-corrected chi connectivity index (χ1v) is 5.31. The molecule has 68 valence electrons. The van der Waals surface area contributed by atoms with Gasteiger partial charge in [0, 0.05) is 5.75 Å². The summed E-state index contributed by atoms with van der Waals surface area (Å²) in [4.78, 5) is 0. The Bertz CT molecular complexity index is 285. The molecule has 0 saturated heterocycles. The summed E-state index contributed by atoms with van der Waals surface area (Å²) in [5.74, 6) is 1.03. The van der Waals surface area contributed by atoms with E-state index in [-0.39, 0.29) is 0 Å². The Morgan fingerprint density at radius 3 is 2.69 bits per heavy atom. The minimum atomic E-state index is 1.03. The van der Waals surface area contributed by atoms with Crippen molar-refractivity contribution in [3.05, 3.63) is 59.5 Å². The zero-order valence-electron chi connectivity index (χ0n) is 7.86. The third-order valence-electron chi connectivity index (χ3n) is 1.54. The Kier molecular flexibility index (Phi) is 4.41. The van der Waals surface area contributed by atoms with Crippen LogP contribution in [0.2, 0.25) is 0 Å². The highest BCUT2D eigenvalue weighted by Gasteiger charge is 1.87. The zero-order chi connectivity index (χ0) is 9.52. The van der Waals surface area contributed by atoms with Gasteiger partial charge in [0.15, 0.2) is 0 Å². The van der Waals surface area contributed by atoms with Gasteiger partial charge in [-0.15, -0.1) is 11.8 Å². The highest BCUT2D eigenvalue weighted by Crippen LogP contribution is 2.13. The van der Waals surface area contributed by atoms with Crippen LogP contribution in [0.4, 0.5) is 0 Å². The fraction of sp³-hybridized carbons (Fsp3) is 0.167. The predicted molar refractivity (Wildman–Crippen MR) is 61.7 cm³/mol. The average Bonchev–Trinajstić information content (AvgIpc) is 2.14. The summed E-state index contributed by atoms with van der Waals surface area (Å²) >= 11 is 1.79. The molecule has 0 N–H and O–H groups in total. The Hall–Kier alpha value is -0.950. The third kappa shape index (κ3) is 4.58. The van der Waals surface area contributed by atoms with Crippen LogP contribution in [0, 0.1) is 0 Å². The number of hydrogen-bond donors (Lipinski definition) is 0. The van der Waals surface area contributed by atoms with E-state index in [1.807, 2.05) is 19.1 Å². The number of allylic oxidation sites excluding steroid dienone is 2.